The molecule has 0 spiro atoms. The van der Waals surface area contributed by atoms with Crippen LogP contribution in [0.4, 0.5) is 0 Å². The molecule has 25 heavy (non-hydrogen) atoms. The van der Waals surface area contributed by atoms with E-state index in [0.29, 0.717) is 25.6 Å². The number of methoxy groups -OCH3 is 1. The summed E-state index contributed by atoms with van der Waals surface area (Å²) in [5, 5.41) is 6.26. The average molecular weight is 382 g/mol. The number of hydrogen-bond acceptors (Lipinski definition) is 5. The van der Waals surface area contributed by atoms with Crippen LogP contribution in [0.1, 0.15) is 33.3 Å². The van der Waals surface area contributed by atoms with Crippen LogP contribution in [0.2, 0.25) is 0 Å². The second-order valence-electron chi connectivity index (χ2n) is 5.92. The Kier molecular flexibility index (Phi) is 7.84. The van der Waals surface area contributed by atoms with Gasteiger partial charge < -0.3 is 15.0 Å². The molecule has 3 rings (SSSR count). The van der Waals surface area contributed by atoms with Crippen molar-refractivity contribution in [3.63, 3.8) is 0 Å². The number of halogens is 1. The van der Waals surface area contributed by atoms with Gasteiger partial charge in [-0.25, -0.2) is 4.98 Å². The first-order valence-corrected chi connectivity index (χ1v) is 9.13. The molecule has 1 aliphatic heterocycles. The number of hydrogen-bond donors (Lipinski definition) is 1. The van der Waals surface area contributed by atoms with Gasteiger partial charge >= 0.3 is 0 Å². The second kappa shape index (κ2) is 9.87. The first kappa shape index (κ1) is 19.8. The third kappa shape index (κ3) is 5.01. The van der Waals surface area contributed by atoms with Crippen LogP contribution >= 0.6 is 23.7 Å². The molecule has 1 aromatic heterocycles. The van der Waals surface area contributed by atoms with Crippen molar-refractivity contribution in [2.75, 3.05) is 33.4 Å². The van der Waals surface area contributed by atoms with Gasteiger partial charge in [-0.15, -0.1) is 23.7 Å². The van der Waals surface area contributed by atoms with Crippen molar-refractivity contribution in [2.45, 2.75) is 18.9 Å². The Hall–Kier alpha value is -1.47. The molecular weight excluding hydrogens is 358 g/mol. The van der Waals surface area contributed by atoms with E-state index in [9.17, 15) is 4.79 Å². The van der Waals surface area contributed by atoms with Gasteiger partial charge in [-0.2, -0.15) is 0 Å². The minimum atomic E-state index is 0. The largest absolute Gasteiger partial charge is 0.383 e. The molecule has 0 aliphatic carbocycles. The summed E-state index contributed by atoms with van der Waals surface area (Å²) in [6.45, 7) is 3.56. The van der Waals surface area contributed by atoms with Gasteiger partial charge in [0.05, 0.1) is 13.2 Å². The first-order chi connectivity index (χ1) is 11.8. The summed E-state index contributed by atoms with van der Waals surface area (Å²) < 4.78 is 5.19. The second-order valence-corrected chi connectivity index (χ2v) is 6.90. The van der Waals surface area contributed by atoms with Gasteiger partial charge in [0.1, 0.15) is 5.01 Å². The number of thiazole rings is 1. The van der Waals surface area contributed by atoms with Crippen LogP contribution in [-0.4, -0.2) is 49.1 Å². The van der Waals surface area contributed by atoms with Crippen molar-refractivity contribution in [3.05, 3.63) is 52.0 Å². The molecule has 1 fully saturated rings. The van der Waals surface area contributed by atoms with Crippen LogP contribution in [0.5, 0.6) is 0 Å². The van der Waals surface area contributed by atoms with Crippen LogP contribution in [0.25, 0.3) is 0 Å². The number of ether oxygens (including phenoxy) is 1. The summed E-state index contributed by atoms with van der Waals surface area (Å²) >= 11 is 1.57. The van der Waals surface area contributed by atoms with E-state index < -0.39 is 0 Å². The maximum atomic E-state index is 13.2. The summed E-state index contributed by atoms with van der Waals surface area (Å²) in [4.78, 5) is 19.3. The Morgan fingerprint density at radius 3 is 2.96 bits per heavy atom. The van der Waals surface area contributed by atoms with E-state index in [-0.39, 0.29) is 18.3 Å². The molecule has 2 aromatic rings. The Morgan fingerprint density at radius 1 is 1.44 bits per heavy atom. The van der Waals surface area contributed by atoms with Gasteiger partial charge in [0.2, 0.25) is 0 Å². The molecule has 5 nitrogen and oxygen atoms in total. The van der Waals surface area contributed by atoms with Crippen molar-refractivity contribution < 1.29 is 9.53 Å². The lowest BCUT2D eigenvalue weighted by Crippen LogP contribution is -2.34. The number of nitrogens with zero attached hydrogens (tertiary/aromatic N) is 2. The summed E-state index contributed by atoms with van der Waals surface area (Å²) in [7, 11) is 1.66. The van der Waals surface area contributed by atoms with E-state index in [1.165, 1.54) is 0 Å². The van der Waals surface area contributed by atoms with Gasteiger partial charge in [0.15, 0.2) is 0 Å². The van der Waals surface area contributed by atoms with E-state index in [1.807, 2.05) is 28.5 Å². The Balaban J connectivity index is 0.00000225. The molecule has 0 saturated carbocycles. The monoisotopic (exact) mass is 381 g/mol. The average Bonchev–Trinajstić information content (AvgIpc) is 3.31. The van der Waals surface area contributed by atoms with Crippen molar-refractivity contribution in [1.29, 1.82) is 0 Å². The molecule has 1 N–H and O–H groups in total. The van der Waals surface area contributed by atoms with Gasteiger partial charge in [0, 0.05) is 37.3 Å². The Bertz CT molecular complexity index is 660. The smallest absolute Gasteiger partial charge is 0.254 e. The fourth-order valence-electron chi connectivity index (χ4n) is 3.09. The van der Waals surface area contributed by atoms with Gasteiger partial charge in [-0.3, -0.25) is 4.79 Å². The van der Waals surface area contributed by atoms with Crippen LogP contribution in [0.3, 0.4) is 0 Å². The standard InChI is InChI=1S/C18H23N3O2S.ClH/c1-23-10-9-21(13-17-20-8-11-24-17)18(22)16-5-3-2-4-15(16)14-6-7-19-12-14;/h2-5,8,11,14,19H,6-7,9-10,12-13H2,1H3;1H. The lowest BCUT2D eigenvalue weighted by atomic mass is 9.93. The highest BCUT2D eigenvalue weighted by Gasteiger charge is 2.25. The van der Waals surface area contributed by atoms with Gasteiger partial charge in [-0.05, 0) is 30.5 Å². The van der Waals surface area contributed by atoms with Gasteiger partial charge in [0.25, 0.3) is 5.91 Å². The Morgan fingerprint density at radius 2 is 2.28 bits per heavy atom. The molecule has 1 amide bonds. The molecule has 1 atom stereocenters. The number of amides is 1. The predicted molar refractivity (Wildman–Crippen MR) is 103 cm³/mol. The molecule has 136 valence electrons. The molecule has 1 aliphatic rings. The highest BCUT2D eigenvalue weighted by Crippen LogP contribution is 2.27. The molecule has 7 heteroatoms. The highest BCUT2D eigenvalue weighted by atomic mass is 35.5. The molecule has 2 heterocycles. The summed E-state index contributed by atoms with van der Waals surface area (Å²) in [6, 6.07) is 7.99. The molecule has 1 unspecified atom stereocenters. The fourth-order valence-corrected chi connectivity index (χ4v) is 3.72. The van der Waals surface area contributed by atoms with E-state index in [4.69, 9.17) is 4.74 Å². The lowest BCUT2D eigenvalue weighted by molar-refractivity contribution is 0.0678. The molecule has 1 aromatic carbocycles. The maximum absolute atomic E-state index is 13.2. The number of carbonyl (C=O) groups is 1. The number of nitrogens with one attached hydrogen (secondary N) is 1. The minimum Gasteiger partial charge on any atom is -0.383 e. The quantitative estimate of drug-likeness (QED) is 0.801. The normalized spacial score (nSPS) is 16.4. The molecule has 0 radical (unpaired) electrons. The number of aromatic nitrogens is 1. The SMILES string of the molecule is COCCN(Cc1nccs1)C(=O)c1ccccc1C1CCNC1.Cl. The number of rotatable bonds is 7. The molecule has 0 bridgehead atoms. The van der Waals surface area contributed by atoms with Crippen molar-refractivity contribution in [3.8, 4) is 0 Å². The van der Waals surface area contributed by atoms with Crippen molar-refractivity contribution in [1.82, 2.24) is 15.2 Å². The third-order valence-electron chi connectivity index (χ3n) is 4.35. The van der Waals surface area contributed by atoms with Crippen LogP contribution in [-0.2, 0) is 11.3 Å². The maximum Gasteiger partial charge on any atom is 0.254 e. The van der Waals surface area contributed by atoms with E-state index >= 15 is 0 Å². The zero-order valence-electron chi connectivity index (χ0n) is 14.3. The van der Waals surface area contributed by atoms with Crippen LogP contribution in [0, 0.1) is 0 Å². The predicted octanol–water partition coefficient (Wildman–Crippen LogP) is 2.93. The molecule has 1 saturated heterocycles. The van der Waals surface area contributed by atoms with E-state index in [0.717, 1.165) is 35.6 Å². The first-order valence-electron chi connectivity index (χ1n) is 8.26. The highest BCUT2D eigenvalue weighted by molar-refractivity contribution is 7.09. The zero-order valence-corrected chi connectivity index (χ0v) is 15.9. The van der Waals surface area contributed by atoms with Crippen LogP contribution < -0.4 is 5.32 Å². The van der Waals surface area contributed by atoms with Gasteiger partial charge in [-0.1, -0.05) is 18.2 Å². The minimum absolute atomic E-state index is 0. The topological polar surface area (TPSA) is 54.5 Å². The number of benzene rings is 1. The van der Waals surface area contributed by atoms with Crippen molar-refractivity contribution >= 4 is 29.7 Å². The fraction of sp³-hybridized carbons (Fsp3) is 0.444. The summed E-state index contributed by atoms with van der Waals surface area (Å²) in [5.41, 5.74) is 1.95. The third-order valence-corrected chi connectivity index (χ3v) is 5.12. The molecular formula is C18H24ClN3O2S. The Labute approximate surface area is 158 Å². The van der Waals surface area contributed by atoms with E-state index in [2.05, 4.69) is 16.4 Å². The number of carbonyl (C=O) groups excluding carboxylic acids is 1. The zero-order chi connectivity index (χ0) is 16.8. The lowest BCUT2D eigenvalue weighted by Gasteiger charge is -2.24. The van der Waals surface area contributed by atoms with Crippen molar-refractivity contribution in [2.24, 2.45) is 0 Å². The summed E-state index contributed by atoms with van der Waals surface area (Å²) in [6.07, 6.45) is 2.85. The van der Waals surface area contributed by atoms with Crippen LogP contribution in [0.15, 0.2) is 35.8 Å². The summed E-state index contributed by atoms with van der Waals surface area (Å²) in [5.74, 6) is 0.471. The van der Waals surface area contributed by atoms with E-state index in [1.54, 1.807) is 24.6 Å².